The summed E-state index contributed by atoms with van der Waals surface area (Å²) in [6.07, 6.45) is 0.168. The van der Waals surface area contributed by atoms with Crippen molar-refractivity contribution >= 4 is 17.7 Å². The van der Waals surface area contributed by atoms with Gasteiger partial charge in [-0.3, -0.25) is 15.1 Å². The van der Waals surface area contributed by atoms with Crippen molar-refractivity contribution in [1.82, 2.24) is 15.1 Å². The predicted molar refractivity (Wildman–Crippen MR) is 243 cm³/mol. The summed E-state index contributed by atoms with van der Waals surface area (Å²) in [6, 6.07) is 24.1. The second-order valence-electron chi connectivity index (χ2n) is 17.9. The lowest BCUT2D eigenvalue weighted by atomic mass is 9.73. The predicted octanol–water partition coefficient (Wildman–Crippen LogP) is 6.94. The largest absolute Gasteiger partial charge is 0.504 e. The fourth-order valence-electron chi connectivity index (χ4n) is 11.5. The number of phenolic OH excluding ortho intramolecular Hbond substituents is 1. The lowest BCUT2D eigenvalue weighted by Gasteiger charge is -2.62. The third-order valence-electron chi connectivity index (χ3n) is 14.5. The van der Waals surface area contributed by atoms with E-state index in [-0.39, 0.29) is 42.7 Å². The molecular formula is C51H53N3O10S. The average molecular weight is 900 g/mol. The first kappa shape index (κ1) is 42.0. The van der Waals surface area contributed by atoms with Crippen LogP contribution in [-0.2, 0) is 41.1 Å². The van der Waals surface area contributed by atoms with E-state index in [0.717, 1.165) is 50.1 Å². The molecule has 5 aromatic rings. The molecule has 0 saturated carbocycles. The molecule has 7 aliphatic rings. The number of likely N-dealkylation sites (N-methyl/N-ethyl adjacent to an activating group) is 1. The van der Waals surface area contributed by atoms with Crippen molar-refractivity contribution in [2.24, 2.45) is 0 Å². The van der Waals surface area contributed by atoms with Gasteiger partial charge >= 0.3 is 5.97 Å². The van der Waals surface area contributed by atoms with Gasteiger partial charge in [-0.25, -0.2) is 4.79 Å². The van der Waals surface area contributed by atoms with Crippen molar-refractivity contribution in [1.29, 1.82) is 0 Å². The van der Waals surface area contributed by atoms with Crippen LogP contribution < -0.4 is 33.7 Å². The minimum absolute atomic E-state index is 0.0141. The summed E-state index contributed by atoms with van der Waals surface area (Å²) in [4.78, 5) is 19.5. The highest BCUT2D eigenvalue weighted by atomic mass is 32.2. The molecule has 1 unspecified atom stereocenters. The number of phenols is 1. The number of nitrogens with zero attached hydrogens (tertiary/aromatic N) is 2. The summed E-state index contributed by atoms with van der Waals surface area (Å²) >= 11 is 1.62. The van der Waals surface area contributed by atoms with E-state index >= 15 is 4.79 Å². The van der Waals surface area contributed by atoms with Gasteiger partial charge in [0.15, 0.2) is 40.0 Å². The van der Waals surface area contributed by atoms with Crippen LogP contribution in [0.3, 0.4) is 0 Å². The standard InChI is InChI=1S/C51H53N3O10S/c1-27-18-32-19-34-49(56)54-35-24-62-50(57)51(33-21-37(58-4)36(55)20-31(33)16-17-52-51)25-65-48(40-39(35)47-45(63-26-64-47)28(2)44(40)60-22-29-12-8-6-9-13-29)42(54)41(53(34)3)38(32)46(43(27)59-5)61-23-30-14-10-7-11-15-30/h6-15,18,20-21,34-35,41-42,48-49,52,55-56H,16-17,19,22-26H2,1-5H3/t34-,35-,41+,42?,48+,49-,51+/m0/s1. The quantitative estimate of drug-likeness (QED) is 0.139. The van der Waals surface area contributed by atoms with E-state index in [4.69, 9.17) is 33.2 Å². The third-order valence-corrected chi connectivity index (χ3v) is 15.9. The zero-order chi connectivity index (χ0) is 44.7. The Kier molecular flexibility index (Phi) is 10.6. The van der Waals surface area contributed by atoms with Crippen LogP contribution in [0.15, 0.2) is 78.9 Å². The Hall–Kier alpha value is -5.64. The van der Waals surface area contributed by atoms with Gasteiger partial charge in [-0.05, 0) is 79.3 Å². The molecular weight excluding hydrogens is 847 g/mol. The van der Waals surface area contributed by atoms with Crippen LogP contribution in [-0.4, -0.2) is 91.3 Å². The number of rotatable bonds is 8. The molecule has 7 heterocycles. The van der Waals surface area contributed by atoms with E-state index in [1.54, 1.807) is 31.0 Å². The van der Waals surface area contributed by atoms with Crippen LogP contribution in [0, 0.1) is 13.8 Å². The molecule has 1 spiro atoms. The zero-order valence-electron chi connectivity index (χ0n) is 37.1. The molecule has 2 fully saturated rings. The number of benzene rings is 5. The van der Waals surface area contributed by atoms with E-state index in [0.29, 0.717) is 66.9 Å². The minimum Gasteiger partial charge on any atom is -0.504 e. The molecule has 5 aromatic carbocycles. The number of nitrogens with one attached hydrogen (secondary N) is 1. The van der Waals surface area contributed by atoms with E-state index in [1.807, 2.05) is 62.4 Å². The molecule has 4 bridgehead atoms. The van der Waals surface area contributed by atoms with Gasteiger partial charge in [-0.15, -0.1) is 11.8 Å². The average Bonchev–Trinajstić information content (AvgIpc) is 3.82. The second-order valence-corrected chi connectivity index (χ2v) is 19.0. The Balaban J connectivity index is 1.15. The second kappa shape index (κ2) is 16.4. The smallest absolute Gasteiger partial charge is 0.331 e. The molecule has 7 atom stereocenters. The van der Waals surface area contributed by atoms with Crippen LogP contribution in [0.4, 0.5) is 0 Å². The number of fused-ring (bicyclic) bond motifs is 9. The third kappa shape index (κ3) is 6.54. The van der Waals surface area contributed by atoms with Gasteiger partial charge in [0.1, 0.15) is 31.8 Å². The van der Waals surface area contributed by atoms with Crippen LogP contribution in [0.1, 0.15) is 73.0 Å². The zero-order valence-corrected chi connectivity index (χ0v) is 37.9. The molecule has 13 nitrogen and oxygen atoms in total. The summed E-state index contributed by atoms with van der Waals surface area (Å²) in [5.41, 5.74) is 7.83. The Morgan fingerprint density at radius 2 is 1.55 bits per heavy atom. The number of aryl methyl sites for hydroxylation is 1. The van der Waals surface area contributed by atoms with Crippen molar-refractivity contribution in [2.75, 3.05) is 47.0 Å². The fraction of sp³-hybridized carbons (Fsp3) is 0.392. The summed E-state index contributed by atoms with van der Waals surface area (Å²) < 4.78 is 45.1. The number of thioether (sulfide) groups is 1. The van der Waals surface area contributed by atoms with Gasteiger partial charge in [0.25, 0.3) is 0 Å². The summed E-state index contributed by atoms with van der Waals surface area (Å²) in [6.45, 7) is 5.08. The molecule has 0 amide bonds. The first-order chi connectivity index (χ1) is 31.6. The van der Waals surface area contributed by atoms with Crippen molar-refractivity contribution in [3.05, 3.63) is 134 Å². The summed E-state index contributed by atoms with van der Waals surface area (Å²) in [5.74, 6) is 3.25. The fourth-order valence-corrected chi connectivity index (χ4v) is 13.2. The van der Waals surface area contributed by atoms with E-state index in [1.165, 1.54) is 7.11 Å². The van der Waals surface area contributed by atoms with Gasteiger partial charge in [0.2, 0.25) is 6.79 Å². The van der Waals surface area contributed by atoms with Crippen LogP contribution in [0.5, 0.6) is 40.2 Å². The lowest BCUT2D eigenvalue weighted by Crippen LogP contribution is -2.70. The number of hydrogen-bond donors (Lipinski definition) is 3. The van der Waals surface area contributed by atoms with Crippen LogP contribution in [0.25, 0.3) is 0 Å². The van der Waals surface area contributed by atoms with Gasteiger partial charge in [-0.2, -0.15) is 0 Å². The number of ether oxygens (including phenoxy) is 7. The Labute approximate surface area is 382 Å². The van der Waals surface area contributed by atoms with Gasteiger partial charge in [0, 0.05) is 40.6 Å². The SMILES string of the molecule is COc1cc2c(cc1O)CCN[C@]21CS[C@@H]2c3c(OCc4ccccc4)c(C)c4c(c3[C@H](COC1=O)N1C2[C@H]2c3c(cc(C)c(OC)c3OCc3ccccc3)C[C@@H]([C@@H]1O)N2C)OCO4. The molecule has 2 saturated heterocycles. The van der Waals surface area contributed by atoms with Crippen molar-refractivity contribution in [3.63, 3.8) is 0 Å². The maximum Gasteiger partial charge on any atom is 0.331 e. The lowest BCUT2D eigenvalue weighted by molar-refractivity contribution is -0.186. The van der Waals surface area contributed by atoms with E-state index in [9.17, 15) is 10.2 Å². The van der Waals surface area contributed by atoms with E-state index < -0.39 is 35.1 Å². The first-order valence-electron chi connectivity index (χ1n) is 22.2. The van der Waals surface area contributed by atoms with Crippen molar-refractivity contribution in [2.45, 2.75) is 81.1 Å². The highest BCUT2D eigenvalue weighted by Gasteiger charge is 2.61. The molecule has 14 heteroatoms. The molecule has 0 radical (unpaired) electrons. The maximum absolute atomic E-state index is 15.0. The normalized spacial score (nSPS) is 26.3. The number of methoxy groups -OCH3 is 2. The molecule has 3 N–H and O–H groups in total. The summed E-state index contributed by atoms with van der Waals surface area (Å²) in [7, 11) is 5.29. The van der Waals surface area contributed by atoms with Crippen molar-refractivity contribution in [3.8, 4) is 40.2 Å². The number of hydrogen-bond acceptors (Lipinski definition) is 14. The molecule has 338 valence electrons. The summed E-state index contributed by atoms with van der Waals surface area (Å²) in [5, 5.41) is 27.1. The molecule has 0 aromatic heterocycles. The van der Waals surface area contributed by atoms with Crippen molar-refractivity contribution < 1.29 is 48.2 Å². The Bertz CT molecular complexity index is 2690. The number of carbonyl (C=O) groups is 1. The molecule has 65 heavy (non-hydrogen) atoms. The number of esters is 1. The van der Waals surface area contributed by atoms with Gasteiger partial charge in [-0.1, -0.05) is 66.7 Å². The Morgan fingerprint density at radius 3 is 2.26 bits per heavy atom. The first-order valence-corrected chi connectivity index (χ1v) is 23.3. The number of aromatic hydroxyl groups is 1. The molecule has 7 aliphatic heterocycles. The molecule has 12 rings (SSSR count). The van der Waals surface area contributed by atoms with Gasteiger partial charge in [0.05, 0.1) is 37.6 Å². The Morgan fingerprint density at radius 1 is 0.846 bits per heavy atom. The monoisotopic (exact) mass is 899 g/mol. The van der Waals surface area contributed by atoms with Crippen LogP contribution in [0.2, 0.25) is 0 Å². The topological polar surface area (TPSA) is 141 Å². The highest BCUT2D eigenvalue weighted by molar-refractivity contribution is 7.99. The number of aliphatic hydroxyl groups is 1. The maximum atomic E-state index is 15.0. The number of aliphatic hydroxyl groups excluding tert-OH is 1. The number of carbonyl (C=O) groups excluding carboxylic acids is 1. The van der Waals surface area contributed by atoms with Gasteiger partial charge < -0.3 is 43.4 Å². The van der Waals surface area contributed by atoms with E-state index in [2.05, 4.69) is 40.4 Å². The highest BCUT2D eigenvalue weighted by Crippen LogP contribution is 2.64. The van der Waals surface area contributed by atoms with Crippen LogP contribution >= 0.6 is 11.8 Å². The number of piperazine rings is 1. The minimum atomic E-state index is -1.31. The molecule has 0 aliphatic carbocycles.